The van der Waals surface area contributed by atoms with Crippen LogP contribution in [-0.2, 0) is 6.42 Å². The van der Waals surface area contributed by atoms with Gasteiger partial charge in [-0.25, -0.2) is 4.39 Å². The lowest BCUT2D eigenvalue weighted by Crippen LogP contribution is -2.41. The van der Waals surface area contributed by atoms with E-state index in [1.54, 1.807) is 24.3 Å². The van der Waals surface area contributed by atoms with Crippen LogP contribution in [0.1, 0.15) is 12.0 Å². The summed E-state index contributed by atoms with van der Waals surface area (Å²) in [7, 11) is 0. The number of rotatable bonds is 5. The number of fused-ring (bicyclic) bond motifs is 1. The largest absolute Gasteiger partial charge is 0.508 e. The van der Waals surface area contributed by atoms with Gasteiger partial charge in [0.25, 0.3) is 0 Å². The summed E-state index contributed by atoms with van der Waals surface area (Å²) in [4.78, 5) is 2.10. The van der Waals surface area contributed by atoms with Crippen LogP contribution < -0.4 is 9.64 Å². The van der Waals surface area contributed by atoms with Gasteiger partial charge in [-0.05, 0) is 36.2 Å². The molecule has 2 N–H and O–H groups in total. The first-order chi connectivity index (χ1) is 11.2. The van der Waals surface area contributed by atoms with Crippen LogP contribution in [0.15, 0.2) is 42.5 Å². The topological polar surface area (TPSA) is 52.9 Å². The lowest BCUT2D eigenvalue weighted by Gasteiger charge is -2.36. The number of ether oxygens (including phenoxy) is 1. The molecule has 1 atom stereocenters. The minimum atomic E-state index is -0.249. The lowest BCUT2D eigenvalue weighted by molar-refractivity contribution is 0.191. The third-order valence-corrected chi connectivity index (χ3v) is 3.94. The number of aromatic hydroxyl groups is 1. The Labute approximate surface area is 134 Å². The molecule has 0 radical (unpaired) electrons. The first-order valence-corrected chi connectivity index (χ1v) is 7.75. The van der Waals surface area contributed by atoms with Crippen LogP contribution in [0.25, 0.3) is 0 Å². The maximum Gasteiger partial charge on any atom is 0.143 e. The van der Waals surface area contributed by atoms with Crippen molar-refractivity contribution in [3.8, 4) is 11.5 Å². The molecule has 0 saturated carbocycles. The van der Waals surface area contributed by atoms with E-state index in [2.05, 4.69) is 4.90 Å². The number of hydrogen-bond donors (Lipinski definition) is 2. The van der Waals surface area contributed by atoms with Gasteiger partial charge in [0.05, 0.1) is 12.2 Å². The van der Waals surface area contributed by atoms with Gasteiger partial charge in [-0.2, -0.15) is 0 Å². The van der Waals surface area contributed by atoms with E-state index < -0.39 is 0 Å². The van der Waals surface area contributed by atoms with E-state index in [9.17, 15) is 9.50 Å². The molecular weight excluding hydrogens is 297 g/mol. The fraction of sp³-hybridized carbons (Fsp3) is 0.333. The molecule has 0 aliphatic carbocycles. The van der Waals surface area contributed by atoms with Crippen molar-refractivity contribution in [2.75, 3.05) is 24.6 Å². The first kappa shape index (κ1) is 15.6. The van der Waals surface area contributed by atoms with E-state index in [4.69, 9.17) is 9.84 Å². The molecule has 23 heavy (non-hydrogen) atoms. The maximum atomic E-state index is 13.3. The maximum absolute atomic E-state index is 13.3. The highest BCUT2D eigenvalue weighted by molar-refractivity contribution is 5.63. The molecule has 1 aliphatic rings. The molecule has 0 amide bonds. The average molecular weight is 317 g/mol. The van der Waals surface area contributed by atoms with Gasteiger partial charge in [0.1, 0.15) is 23.4 Å². The van der Waals surface area contributed by atoms with Crippen molar-refractivity contribution < 1.29 is 19.3 Å². The number of anilines is 1. The third-order valence-electron chi connectivity index (χ3n) is 3.94. The van der Waals surface area contributed by atoms with Crippen molar-refractivity contribution in [1.82, 2.24) is 0 Å². The summed E-state index contributed by atoms with van der Waals surface area (Å²) in [6, 6.07) is 11.5. The molecule has 0 saturated heterocycles. The highest BCUT2D eigenvalue weighted by Gasteiger charge is 2.26. The zero-order valence-electron chi connectivity index (χ0n) is 12.8. The molecule has 1 heterocycles. The Kier molecular flexibility index (Phi) is 4.67. The van der Waals surface area contributed by atoms with Crippen molar-refractivity contribution in [2.24, 2.45) is 0 Å². The van der Waals surface area contributed by atoms with Crippen molar-refractivity contribution in [3.05, 3.63) is 53.8 Å². The molecule has 0 aromatic heterocycles. The van der Waals surface area contributed by atoms with Gasteiger partial charge in [0.15, 0.2) is 0 Å². The monoisotopic (exact) mass is 317 g/mol. The summed E-state index contributed by atoms with van der Waals surface area (Å²) in [6.45, 7) is 1.42. The zero-order valence-corrected chi connectivity index (χ0v) is 12.8. The van der Waals surface area contributed by atoms with Gasteiger partial charge in [-0.3, -0.25) is 0 Å². The van der Waals surface area contributed by atoms with E-state index in [1.165, 1.54) is 12.1 Å². The minimum absolute atomic E-state index is 0.104. The van der Waals surface area contributed by atoms with Crippen LogP contribution in [0.3, 0.4) is 0 Å². The van der Waals surface area contributed by atoms with Gasteiger partial charge in [-0.1, -0.05) is 12.1 Å². The molecule has 4 nitrogen and oxygen atoms in total. The van der Waals surface area contributed by atoms with Gasteiger partial charge in [0, 0.05) is 25.6 Å². The standard InChI is InChI=1S/C18H20FNO3/c19-14-4-1-3-13(9-14)10-16-12-20(7-2-8-21)17-11-15(22)5-6-18(17)23-16/h1,3-6,9,11,16,21-22H,2,7-8,10,12H2. The quantitative estimate of drug-likeness (QED) is 0.890. The Morgan fingerprint density at radius 2 is 2.09 bits per heavy atom. The van der Waals surface area contributed by atoms with Gasteiger partial charge in [-0.15, -0.1) is 0 Å². The number of hydrogen-bond acceptors (Lipinski definition) is 4. The van der Waals surface area contributed by atoms with Crippen molar-refractivity contribution in [2.45, 2.75) is 18.9 Å². The van der Waals surface area contributed by atoms with Crippen LogP contribution >= 0.6 is 0 Å². The second-order valence-corrected chi connectivity index (χ2v) is 5.75. The summed E-state index contributed by atoms with van der Waals surface area (Å²) < 4.78 is 19.3. The van der Waals surface area contributed by atoms with E-state index in [0.717, 1.165) is 11.3 Å². The van der Waals surface area contributed by atoms with Crippen LogP contribution in [0.5, 0.6) is 11.5 Å². The second kappa shape index (κ2) is 6.87. The van der Waals surface area contributed by atoms with E-state index in [0.29, 0.717) is 31.7 Å². The number of phenols is 1. The fourth-order valence-corrected chi connectivity index (χ4v) is 2.92. The molecule has 5 heteroatoms. The SMILES string of the molecule is OCCCN1CC(Cc2cccc(F)c2)Oc2ccc(O)cc21. The molecular formula is C18H20FNO3. The Hall–Kier alpha value is -2.27. The van der Waals surface area contributed by atoms with Crippen molar-refractivity contribution in [3.63, 3.8) is 0 Å². The van der Waals surface area contributed by atoms with E-state index in [-0.39, 0.29) is 24.3 Å². The third kappa shape index (κ3) is 3.74. The molecule has 0 bridgehead atoms. The van der Waals surface area contributed by atoms with E-state index >= 15 is 0 Å². The van der Waals surface area contributed by atoms with Crippen LogP contribution in [0, 0.1) is 5.82 Å². The van der Waals surface area contributed by atoms with Crippen molar-refractivity contribution >= 4 is 5.69 Å². The highest BCUT2D eigenvalue weighted by Crippen LogP contribution is 2.36. The Morgan fingerprint density at radius 1 is 1.22 bits per heavy atom. The molecule has 0 fully saturated rings. The van der Waals surface area contributed by atoms with Gasteiger partial charge < -0.3 is 19.8 Å². The number of halogens is 1. The van der Waals surface area contributed by atoms with Crippen LogP contribution in [0.2, 0.25) is 0 Å². The van der Waals surface area contributed by atoms with Gasteiger partial charge in [0.2, 0.25) is 0 Å². The summed E-state index contributed by atoms with van der Waals surface area (Å²) in [5, 5.41) is 18.8. The molecule has 1 aliphatic heterocycles. The smallest absolute Gasteiger partial charge is 0.143 e. The number of aliphatic hydroxyl groups is 1. The predicted octanol–water partition coefficient (Wildman–Crippen LogP) is 2.72. The lowest BCUT2D eigenvalue weighted by atomic mass is 10.0. The Balaban J connectivity index is 1.80. The summed E-state index contributed by atoms with van der Waals surface area (Å²) in [5.41, 5.74) is 1.72. The average Bonchev–Trinajstić information content (AvgIpc) is 2.53. The molecule has 122 valence electrons. The predicted molar refractivity (Wildman–Crippen MR) is 86.5 cm³/mol. The van der Waals surface area contributed by atoms with E-state index in [1.807, 2.05) is 6.07 Å². The number of phenolic OH excluding ortho intramolecular Hbond substituents is 1. The number of aliphatic hydroxyl groups excluding tert-OH is 1. The molecule has 3 rings (SSSR count). The molecule has 0 spiro atoms. The summed E-state index contributed by atoms with van der Waals surface area (Å²) in [6.07, 6.45) is 1.14. The summed E-state index contributed by atoms with van der Waals surface area (Å²) >= 11 is 0. The highest BCUT2D eigenvalue weighted by atomic mass is 19.1. The summed E-state index contributed by atoms with van der Waals surface area (Å²) in [5.74, 6) is 0.638. The normalized spacial score (nSPS) is 16.8. The zero-order chi connectivity index (χ0) is 16.2. The molecule has 2 aromatic rings. The molecule has 1 unspecified atom stereocenters. The number of nitrogens with zero attached hydrogens (tertiary/aromatic N) is 1. The molecule has 2 aromatic carbocycles. The second-order valence-electron chi connectivity index (χ2n) is 5.75. The van der Waals surface area contributed by atoms with Crippen LogP contribution in [0.4, 0.5) is 10.1 Å². The minimum Gasteiger partial charge on any atom is -0.508 e. The van der Waals surface area contributed by atoms with Crippen LogP contribution in [-0.4, -0.2) is 36.0 Å². The Bertz CT molecular complexity index is 677. The number of benzene rings is 2. The van der Waals surface area contributed by atoms with Gasteiger partial charge >= 0.3 is 0 Å². The van der Waals surface area contributed by atoms with Crippen molar-refractivity contribution in [1.29, 1.82) is 0 Å². The Morgan fingerprint density at radius 3 is 2.87 bits per heavy atom. The first-order valence-electron chi connectivity index (χ1n) is 7.75. The fourth-order valence-electron chi connectivity index (χ4n) is 2.92.